The van der Waals surface area contributed by atoms with E-state index in [2.05, 4.69) is 27.4 Å². The Labute approximate surface area is 123 Å². The minimum atomic E-state index is 0.512. The average Bonchev–Trinajstić information content (AvgIpc) is 2.56. The van der Waals surface area contributed by atoms with Gasteiger partial charge in [0.2, 0.25) is 5.88 Å². The van der Waals surface area contributed by atoms with E-state index < -0.39 is 0 Å². The third kappa shape index (κ3) is 3.00. The van der Waals surface area contributed by atoms with Crippen LogP contribution in [-0.2, 0) is 0 Å². The third-order valence-electron chi connectivity index (χ3n) is 3.08. The SMILES string of the molecule is CNc1cc(Oc2ccccc2-c2ccccc2)ncn1. The molecular weight excluding hydrogens is 262 g/mol. The molecule has 0 bridgehead atoms. The van der Waals surface area contributed by atoms with Crippen molar-refractivity contribution in [2.75, 3.05) is 12.4 Å². The van der Waals surface area contributed by atoms with E-state index in [9.17, 15) is 0 Å². The minimum absolute atomic E-state index is 0.512. The highest BCUT2D eigenvalue weighted by Crippen LogP contribution is 2.32. The Morgan fingerprint density at radius 2 is 1.67 bits per heavy atom. The molecule has 1 heterocycles. The lowest BCUT2D eigenvalue weighted by Crippen LogP contribution is -1.95. The zero-order valence-electron chi connectivity index (χ0n) is 11.7. The summed E-state index contributed by atoms with van der Waals surface area (Å²) in [7, 11) is 1.81. The van der Waals surface area contributed by atoms with Crippen molar-refractivity contribution < 1.29 is 4.74 Å². The Balaban J connectivity index is 1.96. The quantitative estimate of drug-likeness (QED) is 0.783. The first-order valence-corrected chi connectivity index (χ1v) is 6.69. The van der Waals surface area contributed by atoms with Gasteiger partial charge >= 0.3 is 0 Å². The van der Waals surface area contributed by atoms with Crippen LogP contribution in [0.5, 0.6) is 11.6 Å². The first kappa shape index (κ1) is 13.1. The molecule has 0 radical (unpaired) electrons. The lowest BCUT2D eigenvalue weighted by Gasteiger charge is -2.11. The van der Waals surface area contributed by atoms with Crippen LogP contribution < -0.4 is 10.1 Å². The topological polar surface area (TPSA) is 47.0 Å². The zero-order valence-corrected chi connectivity index (χ0v) is 11.7. The second-order valence-corrected chi connectivity index (χ2v) is 4.46. The van der Waals surface area contributed by atoms with Crippen molar-refractivity contribution in [3.63, 3.8) is 0 Å². The number of nitrogens with one attached hydrogen (secondary N) is 1. The standard InChI is InChI=1S/C17H15N3O/c1-18-16-11-17(20-12-19-16)21-15-10-6-5-9-14(15)13-7-3-2-4-8-13/h2-12H,1H3,(H,18,19,20). The van der Waals surface area contributed by atoms with E-state index in [-0.39, 0.29) is 0 Å². The molecule has 0 fully saturated rings. The van der Waals surface area contributed by atoms with E-state index >= 15 is 0 Å². The van der Waals surface area contributed by atoms with E-state index in [0.717, 1.165) is 22.7 Å². The molecule has 4 heteroatoms. The lowest BCUT2D eigenvalue weighted by molar-refractivity contribution is 0.463. The molecule has 0 aliphatic heterocycles. The molecular formula is C17H15N3O. The van der Waals surface area contributed by atoms with Gasteiger partial charge in [-0.1, -0.05) is 48.5 Å². The van der Waals surface area contributed by atoms with Crippen molar-refractivity contribution in [1.29, 1.82) is 0 Å². The zero-order chi connectivity index (χ0) is 14.5. The van der Waals surface area contributed by atoms with Crippen molar-refractivity contribution in [2.24, 2.45) is 0 Å². The molecule has 104 valence electrons. The van der Waals surface area contributed by atoms with Crippen LogP contribution in [0, 0.1) is 0 Å². The van der Waals surface area contributed by atoms with Gasteiger partial charge in [-0.3, -0.25) is 0 Å². The number of para-hydroxylation sites is 1. The fourth-order valence-corrected chi connectivity index (χ4v) is 2.06. The largest absolute Gasteiger partial charge is 0.438 e. The Morgan fingerprint density at radius 3 is 2.48 bits per heavy atom. The molecule has 0 aliphatic rings. The highest BCUT2D eigenvalue weighted by atomic mass is 16.5. The molecule has 0 spiro atoms. The van der Waals surface area contributed by atoms with Gasteiger partial charge in [-0.25, -0.2) is 9.97 Å². The van der Waals surface area contributed by atoms with Crippen LogP contribution in [0.1, 0.15) is 0 Å². The maximum Gasteiger partial charge on any atom is 0.224 e. The summed E-state index contributed by atoms with van der Waals surface area (Å²) in [5.41, 5.74) is 2.14. The first-order valence-electron chi connectivity index (χ1n) is 6.69. The second-order valence-electron chi connectivity index (χ2n) is 4.46. The normalized spacial score (nSPS) is 10.1. The molecule has 3 rings (SSSR count). The van der Waals surface area contributed by atoms with E-state index in [4.69, 9.17) is 4.74 Å². The number of aromatic nitrogens is 2. The summed E-state index contributed by atoms with van der Waals surface area (Å²) in [5.74, 6) is 2.00. The summed E-state index contributed by atoms with van der Waals surface area (Å²) in [6.45, 7) is 0. The molecule has 0 saturated carbocycles. The molecule has 0 saturated heterocycles. The Morgan fingerprint density at radius 1 is 0.905 bits per heavy atom. The molecule has 4 nitrogen and oxygen atoms in total. The Kier molecular flexibility index (Phi) is 3.78. The smallest absolute Gasteiger partial charge is 0.224 e. The van der Waals surface area contributed by atoms with Crippen LogP contribution in [0.3, 0.4) is 0 Å². The fourth-order valence-electron chi connectivity index (χ4n) is 2.06. The van der Waals surface area contributed by atoms with Crippen molar-refractivity contribution in [2.45, 2.75) is 0 Å². The maximum atomic E-state index is 5.92. The van der Waals surface area contributed by atoms with Gasteiger partial charge in [0.05, 0.1) is 0 Å². The van der Waals surface area contributed by atoms with Crippen LogP contribution in [-0.4, -0.2) is 17.0 Å². The summed E-state index contributed by atoms with van der Waals surface area (Å²) in [6.07, 6.45) is 1.48. The highest BCUT2D eigenvalue weighted by Gasteiger charge is 2.07. The van der Waals surface area contributed by atoms with Gasteiger partial charge in [0.1, 0.15) is 17.9 Å². The van der Waals surface area contributed by atoms with E-state index in [0.29, 0.717) is 5.88 Å². The average molecular weight is 277 g/mol. The van der Waals surface area contributed by atoms with E-state index in [1.807, 2.05) is 49.5 Å². The molecule has 0 amide bonds. The first-order chi connectivity index (χ1) is 10.4. The summed E-state index contributed by atoms with van der Waals surface area (Å²) in [5, 5.41) is 2.97. The van der Waals surface area contributed by atoms with Gasteiger partial charge in [-0.05, 0) is 11.6 Å². The molecule has 3 aromatic rings. The summed E-state index contributed by atoms with van der Waals surface area (Å²) < 4.78 is 5.92. The number of nitrogens with zero attached hydrogens (tertiary/aromatic N) is 2. The van der Waals surface area contributed by atoms with Gasteiger partial charge in [0.25, 0.3) is 0 Å². The predicted molar refractivity (Wildman–Crippen MR) is 83.5 cm³/mol. The van der Waals surface area contributed by atoms with Gasteiger partial charge in [0.15, 0.2) is 0 Å². The third-order valence-corrected chi connectivity index (χ3v) is 3.08. The molecule has 0 unspecified atom stereocenters. The van der Waals surface area contributed by atoms with Crippen molar-refractivity contribution in [1.82, 2.24) is 9.97 Å². The predicted octanol–water partition coefficient (Wildman–Crippen LogP) is 3.98. The minimum Gasteiger partial charge on any atom is -0.438 e. The highest BCUT2D eigenvalue weighted by molar-refractivity contribution is 5.70. The Hall–Kier alpha value is -2.88. The van der Waals surface area contributed by atoms with Gasteiger partial charge < -0.3 is 10.1 Å². The van der Waals surface area contributed by atoms with Crippen molar-refractivity contribution >= 4 is 5.82 Å². The van der Waals surface area contributed by atoms with Gasteiger partial charge in [-0.15, -0.1) is 0 Å². The fraction of sp³-hybridized carbons (Fsp3) is 0.0588. The number of anilines is 1. The maximum absolute atomic E-state index is 5.92. The molecule has 1 N–H and O–H groups in total. The van der Waals surface area contributed by atoms with Crippen LogP contribution in [0.15, 0.2) is 67.0 Å². The van der Waals surface area contributed by atoms with Crippen LogP contribution in [0.4, 0.5) is 5.82 Å². The van der Waals surface area contributed by atoms with Crippen molar-refractivity contribution in [3.8, 4) is 22.8 Å². The lowest BCUT2D eigenvalue weighted by atomic mass is 10.1. The molecule has 2 aromatic carbocycles. The van der Waals surface area contributed by atoms with Gasteiger partial charge in [-0.2, -0.15) is 0 Å². The number of ether oxygens (including phenoxy) is 1. The molecule has 0 atom stereocenters. The number of hydrogen-bond acceptors (Lipinski definition) is 4. The van der Waals surface area contributed by atoms with E-state index in [1.54, 1.807) is 6.07 Å². The number of hydrogen-bond donors (Lipinski definition) is 1. The molecule has 0 aliphatic carbocycles. The number of benzene rings is 2. The molecule has 21 heavy (non-hydrogen) atoms. The Bertz CT molecular complexity index is 729. The summed E-state index contributed by atoms with van der Waals surface area (Å²) in [6, 6.07) is 19.8. The molecule has 1 aromatic heterocycles. The van der Waals surface area contributed by atoms with Gasteiger partial charge in [0, 0.05) is 18.7 Å². The monoisotopic (exact) mass is 277 g/mol. The van der Waals surface area contributed by atoms with E-state index in [1.165, 1.54) is 6.33 Å². The number of rotatable bonds is 4. The second kappa shape index (κ2) is 6.05. The summed E-state index contributed by atoms with van der Waals surface area (Å²) >= 11 is 0. The summed E-state index contributed by atoms with van der Waals surface area (Å²) in [4.78, 5) is 8.22. The van der Waals surface area contributed by atoms with Crippen LogP contribution in [0.2, 0.25) is 0 Å². The van der Waals surface area contributed by atoms with Crippen molar-refractivity contribution in [3.05, 3.63) is 67.0 Å². The van der Waals surface area contributed by atoms with Crippen LogP contribution in [0.25, 0.3) is 11.1 Å². The van der Waals surface area contributed by atoms with Crippen LogP contribution >= 0.6 is 0 Å².